The zero-order chi connectivity index (χ0) is 9.68. The van der Waals surface area contributed by atoms with Crippen molar-refractivity contribution in [3.05, 3.63) is 36.2 Å². The number of hydrogen-bond acceptors (Lipinski definition) is 3. The largest absolute Gasteiger partial charge is 0.363 e. The molecule has 13 heavy (non-hydrogen) atoms. The Kier molecular flexibility index (Phi) is 3.31. The summed E-state index contributed by atoms with van der Waals surface area (Å²) in [6.45, 7) is 6.05. The van der Waals surface area contributed by atoms with Gasteiger partial charge in [-0.2, -0.15) is 0 Å². The average Bonchev–Trinajstić information content (AvgIpc) is 2.22. The molecule has 3 heteroatoms. The number of allylic oxidation sites excluding steroid dienone is 2. The van der Waals surface area contributed by atoms with E-state index in [9.17, 15) is 0 Å². The summed E-state index contributed by atoms with van der Waals surface area (Å²) >= 11 is 0. The van der Waals surface area contributed by atoms with Gasteiger partial charge in [-0.25, -0.2) is 4.99 Å². The lowest BCUT2D eigenvalue weighted by Gasteiger charge is -2.25. The summed E-state index contributed by atoms with van der Waals surface area (Å²) in [6, 6.07) is 0. The second-order valence-electron chi connectivity index (χ2n) is 2.44. The molecule has 0 amide bonds. The zero-order valence-electron chi connectivity index (χ0n) is 8.28. The summed E-state index contributed by atoms with van der Waals surface area (Å²) in [4.78, 5) is 6.20. The van der Waals surface area contributed by atoms with Crippen molar-refractivity contribution in [1.29, 1.82) is 0 Å². The SMILES string of the molecule is CC.CC1=CC=NC2=CNC=CN12. The van der Waals surface area contributed by atoms with E-state index in [-0.39, 0.29) is 0 Å². The molecule has 0 fully saturated rings. The van der Waals surface area contributed by atoms with Crippen LogP contribution in [0.4, 0.5) is 0 Å². The van der Waals surface area contributed by atoms with Crippen molar-refractivity contribution in [3.63, 3.8) is 0 Å². The Bertz CT molecular complexity index is 285. The zero-order valence-corrected chi connectivity index (χ0v) is 8.28. The molecule has 2 rings (SSSR count). The van der Waals surface area contributed by atoms with Gasteiger partial charge in [0.05, 0.1) is 0 Å². The summed E-state index contributed by atoms with van der Waals surface area (Å²) in [5.74, 6) is 0.938. The molecule has 0 aromatic carbocycles. The number of fused-ring (bicyclic) bond motifs is 1. The fourth-order valence-corrected chi connectivity index (χ4v) is 1.09. The monoisotopic (exact) mass is 177 g/mol. The lowest BCUT2D eigenvalue weighted by Crippen LogP contribution is -2.21. The van der Waals surface area contributed by atoms with Crippen molar-refractivity contribution in [1.82, 2.24) is 10.2 Å². The van der Waals surface area contributed by atoms with Gasteiger partial charge in [-0.05, 0) is 13.0 Å². The second-order valence-corrected chi connectivity index (χ2v) is 2.44. The van der Waals surface area contributed by atoms with Gasteiger partial charge < -0.3 is 10.2 Å². The van der Waals surface area contributed by atoms with E-state index in [1.807, 2.05) is 43.4 Å². The lowest BCUT2D eigenvalue weighted by atomic mass is 10.3. The molecule has 2 aliphatic rings. The molecule has 0 atom stereocenters. The van der Waals surface area contributed by atoms with E-state index in [2.05, 4.69) is 17.2 Å². The third-order valence-corrected chi connectivity index (χ3v) is 1.68. The Balaban J connectivity index is 0.000000396. The van der Waals surface area contributed by atoms with Crippen LogP contribution in [0.5, 0.6) is 0 Å². The molecule has 0 radical (unpaired) electrons. The van der Waals surface area contributed by atoms with E-state index in [1.165, 1.54) is 5.70 Å². The minimum atomic E-state index is 0.938. The number of aliphatic imine (C=N–C) groups is 1. The summed E-state index contributed by atoms with van der Waals surface area (Å²) in [5.41, 5.74) is 1.18. The predicted octanol–water partition coefficient (Wildman–Crippen LogP) is 2.18. The van der Waals surface area contributed by atoms with Gasteiger partial charge in [-0.15, -0.1) is 0 Å². The molecule has 0 unspecified atom stereocenters. The van der Waals surface area contributed by atoms with Crippen LogP contribution in [0.1, 0.15) is 20.8 Å². The van der Waals surface area contributed by atoms with E-state index in [4.69, 9.17) is 0 Å². The third kappa shape index (κ3) is 1.99. The predicted molar refractivity (Wildman–Crippen MR) is 55.8 cm³/mol. The molecule has 0 bridgehead atoms. The first-order chi connectivity index (χ1) is 6.38. The van der Waals surface area contributed by atoms with E-state index in [1.54, 1.807) is 6.21 Å². The van der Waals surface area contributed by atoms with Gasteiger partial charge in [0.15, 0.2) is 5.82 Å². The van der Waals surface area contributed by atoms with Crippen LogP contribution >= 0.6 is 0 Å². The molecule has 2 aliphatic heterocycles. The van der Waals surface area contributed by atoms with Gasteiger partial charge in [0.1, 0.15) is 0 Å². The highest BCUT2D eigenvalue weighted by atomic mass is 15.2. The van der Waals surface area contributed by atoms with Crippen molar-refractivity contribution in [2.45, 2.75) is 20.8 Å². The minimum absolute atomic E-state index is 0.938. The molecule has 0 saturated heterocycles. The first-order valence-corrected chi connectivity index (χ1v) is 4.51. The fourth-order valence-electron chi connectivity index (χ4n) is 1.09. The Morgan fingerprint density at radius 1 is 1.38 bits per heavy atom. The normalized spacial score (nSPS) is 17.6. The van der Waals surface area contributed by atoms with Crippen LogP contribution < -0.4 is 5.32 Å². The Morgan fingerprint density at radius 2 is 2.15 bits per heavy atom. The molecule has 70 valence electrons. The van der Waals surface area contributed by atoms with Gasteiger partial charge >= 0.3 is 0 Å². The number of rotatable bonds is 0. The maximum absolute atomic E-state index is 4.17. The average molecular weight is 177 g/mol. The van der Waals surface area contributed by atoms with Gasteiger partial charge in [-0.1, -0.05) is 13.8 Å². The minimum Gasteiger partial charge on any atom is -0.363 e. The summed E-state index contributed by atoms with van der Waals surface area (Å²) in [7, 11) is 0. The van der Waals surface area contributed by atoms with Gasteiger partial charge in [0, 0.05) is 30.5 Å². The molecule has 0 saturated carbocycles. The van der Waals surface area contributed by atoms with Crippen molar-refractivity contribution in [3.8, 4) is 0 Å². The first kappa shape index (κ1) is 9.58. The van der Waals surface area contributed by atoms with Gasteiger partial charge in [0.2, 0.25) is 0 Å². The molecule has 3 nitrogen and oxygen atoms in total. The molecule has 0 aromatic heterocycles. The molecule has 0 aliphatic carbocycles. The van der Waals surface area contributed by atoms with Crippen LogP contribution in [0.2, 0.25) is 0 Å². The van der Waals surface area contributed by atoms with E-state index >= 15 is 0 Å². The standard InChI is InChI=1S/C8H9N3.C2H6/c1-7-2-3-10-8-6-9-4-5-11(7)8;1-2/h2-6,9H,1H3;1-2H3. The van der Waals surface area contributed by atoms with Crippen LogP contribution in [0, 0.1) is 0 Å². The molecule has 2 heterocycles. The lowest BCUT2D eigenvalue weighted by molar-refractivity contribution is 0.545. The Labute approximate surface area is 79.2 Å². The molecular weight excluding hydrogens is 162 g/mol. The molecule has 0 aromatic rings. The maximum Gasteiger partial charge on any atom is 0.153 e. The summed E-state index contributed by atoms with van der Waals surface area (Å²) in [6.07, 6.45) is 9.48. The van der Waals surface area contributed by atoms with Crippen LogP contribution in [-0.4, -0.2) is 11.1 Å². The highest BCUT2D eigenvalue weighted by Crippen LogP contribution is 2.18. The highest BCUT2D eigenvalue weighted by Gasteiger charge is 2.11. The second kappa shape index (κ2) is 4.50. The number of nitrogens with one attached hydrogen (secondary N) is 1. The summed E-state index contributed by atoms with van der Waals surface area (Å²) in [5, 5.41) is 2.98. The van der Waals surface area contributed by atoms with Crippen LogP contribution in [0.3, 0.4) is 0 Å². The van der Waals surface area contributed by atoms with Crippen LogP contribution in [-0.2, 0) is 0 Å². The number of nitrogens with zero attached hydrogens (tertiary/aromatic N) is 2. The quantitative estimate of drug-likeness (QED) is 0.614. The van der Waals surface area contributed by atoms with E-state index in [0.717, 1.165) is 5.82 Å². The molecule has 0 spiro atoms. The molecular formula is C10H15N3. The Hall–Kier alpha value is -1.51. The van der Waals surface area contributed by atoms with Crippen LogP contribution in [0.15, 0.2) is 41.2 Å². The fraction of sp³-hybridized carbons (Fsp3) is 0.300. The van der Waals surface area contributed by atoms with Crippen molar-refractivity contribution in [2.24, 2.45) is 4.99 Å². The van der Waals surface area contributed by atoms with Gasteiger partial charge in [-0.3, -0.25) is 0 Å². The topological polar surface area (TPSA) is 27.6 Å². The maximum atomic E-state index is 4.17. The Morgan fingerprint density at radius 3 is 2.85 bits per heavy atom. The number of hydrogen-bond donors (Lipinski definition) is 1. The van der Waals surface area contributed by atoms with Gasteiger partial charge in [0.25, 0.3) is 0 Å². The third-order valence-electron chi connectivity index (χ3n) is 1.68. The highest BCUT2D eigenvalue weighted by molar-refractivity contribution is 5.74. The first-order valence-electron chi connectivity index (χ1n) is 4.51. The van der Waals surface area contributed by atoms with Crippen molar-refractivity contribution in [2.75, 3.05) is 0 Å². The molecule has 1 N–H and O–H groups in total. The van der Waals surface area contributed by atoms with E-state index < -0.39 is 0 Å². The van der Waals surface area contributed by atoms with Crippen molar-refractivity contribution >= 4 is 6.21 Å². The smallest absolute Gasteiger partial charge is 0.153 e. The van der Waals surface area contributed by atoms with Crippen molar-refractivity contribution < 1.29 is 0 Å². The van der Waals surface area contributed by atoms with E-state index in [0.29, 0.717) is 0 Å². The summed E-state index contributed by atoms with van der Waals surface area (Å²) < 4.78 is 0. The van der Waals surface area contributed by atoms with Crippen LogP contribution in [0.25, 0.3) is 0 Å².